The van der Waals surface area contributed by atoms with Gasteiger partial charge in [0.1, 0.15) is 18.9 Å². The summed E-state index contributed by atoms with van der Waals surface area (Å²) in [5.41, 5.74) is 2.98. The summed E-state index contributed by atoms with van der Waals surface area (Å²) in [6.45, 7) is -0.202. The number of hydrogen-bond acceptors (Lipinski definition) is 6. The Labute approximate surface area is 186 Å². The Bertz CT molecular complexity index is 1140. The van der Waals surface area contributed by atoms with Crippen molar-refractivity contribution in [3.63, 3.8) is 0 Å². The Morgan fingerprint density at radius 2 is 1.85 bits per heavy atom. The summed E-state index contributed by atoms with van der Waals surface area (Å²) in [5.74, 6) is -0.582. The highest BCUT2D eigenvalue weighted by Gasteiger charge is 2.33. The normalized spacial score (nSPS) is 11.4. The zero-order valence-electron chi connectivity index (χ0n) is 17.4. The van der Waals surface area contributed by atoms with Gasteiger partial charge in [-0.1, -0.05) is 24.3 Å². The second-order valence-corrected chi connectivity index (χ2v) is 6.70. The van der Waals surface area contributed by atoms with Gasteiger partial charge in [-0.05, 0) is 35.9 Å². The third-order valence-corrected chi connectivity index (χ3v) is 4.32. The molecule has 1 amide bonds. The van der Waals surface area contributed by atoms with Gasteiger partial charge in [-0.3, -0.25) is 9.48 Å². The van der Waals surface area contributed by atoms with E-state index in [0.29, 0.717) is 16.9 Å². The van der Waals surface area contributed by atoms with Gasteiger partial charge in [0, 0.05) is 11.8 Å². The Morgan fingerprint density at radius 3 is 2.52 bits per heavy atom. The molecule has 3 rings (SSSR count). The van der Waals surface area contributed by atoms with Gasteiger partial charge in [0.05, 0.1) is 18.9 Å². The van der Waals surface area contributed by atoms with Gasteiger partial charge in [-0.15, -0.1) is 0 Å². The van der Waals surface area contributed by atoms with E-state index in [9.17, 15) is 22.8 Å². The molecule has 0 saturated carbocycles. The Balaban J connectivity index is 1.56. The molecule has 0 atom stereocenters. The van der Waals surface area contributed by atoms with Gasteiger partial charge in [0.15, 0.2) is 5.69 Å². The minimum absolute atomic E-state index is 0.222. The quantitative estimate of drug-likeness (QED) is 0.316. The molecule has 11 heteroatoms. The Hall–Kier alpha value is -4.15. The fourth-order valence-electron chi connectivity index (χ4n) is 2.69. The number of amides is 1. The van der Waals surface area contributed by atoms with E-state index >= 15 is 0 Å². The molecule has 2 aromatic carbocycles. The minimum atomic E-state index is -4.58. The first-order chi connectivity index (χ1) is 15.8. The molecule has 1 heterocycles. The molecule has 0 unspecified atom stereocenters. The average molecular weight is 460 g/mol. The molecule has 33 heavy (non-hydrogen) atoms. The number of hydrogen-bond donors (Lipinski definition) is 1. The molecule has 0 aliphatic carbocycles. The van der Waals surface area contributed by atoms with E-state index in [1.807, 2.05) is 0 Å². The number of para-hydroxylation sites is 1. The molecule has 172 valence electrons. The minimum Gasteiger partial charge on any atom is -0.488 e. The average Bonchev–Trinajstić information content (AvgIpc) is 3.27. The van der Waals surface area contributed by atoms with Crippen molar-refractivity contribution in [2.24, 2.45) is 5.10 Å². The first-order valence-electron chi connectivity index (χ1n) is 9.58. The molecular formula is C22H19F3N4O4. The fraction of sp³-hybridized carbons (Fsp3) is 0.182. The van der Waals surface area contributed by atoms with Gasteiger partial charge in [-0.25, -0.2) is 10.2 Å². The molecule has 0 aliphatic heterocycles. The summed E-state index contributed by atoms with van der Waals surface area (Å²) in [7, 11) is 1.31. The standard InChI is InChI=1S/C22H19F3N4O4/c1-32-21(31)16-8-6-15(7-9-16)14-33-18-5-3-2-4-17(18)12-26-27-20(30)13-29-11-10-19(28-29)22(23,24)25/h2-12H,13-14H2,1H3,(H,27,30)/b26-12-. The Kier molecular flexibility index (Phi) is 7.44. The first-order valence-corrected chi connectivity index (χ1v) is 9.58. The number of nitrogens with zero attached hydrogens (tertiary/aromatic N) is 3. The van der Waals surface area contributed by atoms with Crippen molar-refractivity contribution in [2.75, 3.05) is 7.11 Å². The number of ether oxygens (including phenoxy) is 2. The lowest BCUT2D eigenvalue weighted by Gasteiger charge is -2.09. The molecule has 0 radical (unpaired) electrons. The number of aromatic nitrogens is 2. The van der Waals surface area contributed by atoms with Gasteiger partial charge in [0.2, 0.25) is 0 Å². The highest BCUT2D eigenvalue weighted by Crippen LogP contribution is 2.27. The summed E-state index contributed by atoms with van der Waals surface area (Å²) in [6.07, 6.45) is -2.15. The SMILES string of the molecule is COC(=O)c1ccc(COc2ccccc2/C=N\NC(=O)Cn2ccc(C(F)(F)F)n2)cc1. The smallest absolute Gasteiger partial charge is 0.435 e. The third-order valence-electron chi connectivity index (χ3n) is 4.32. The van der Waals surface area contributed by atoms with Crippen LogP contribution in [0.4, 0.5) is 13.2 Å². The summed E-state index contributed by atoms with van der Waals surface area (Å²) in [5, 5.41) is 7.14. The van der Waals surface area contributed by atoms with E-state index in [1.54, 1.807) is 48.5 Å². The lowest BCUT2D eigenvalue weighted by molar-refractivity contribution is -0.141. The van der Waals surface area contributed by atoms with Crippen LogP contribution in [-0.4, -0.2) is 35.0 Å². The number of halogens is 3. The molecule has 1 N–H and O–H groups in total. The lowest BCUT2D eigenvalue weighted by atomic mass is 10.1. The molecule has 8 nitrogen and oxygen atoms in total. The number of methoxy groups -OCH3 is 1. The van der Waals surface area contributed by atoms with Crippen LogP contribution in [-0.2, 0) is 28.9 Å². The predicted molar refractivity (Wildman–Crippen MR) is 112 cm³/mol. The molecule has 3 aromatic rings. The van der Waals surface area contributed by atoms with Crippen molar-refractivity contribution in [1.29, 1.82) is 0 Å². The number of rotatable bonds is 8. The van der Waals surface area contributed by atoms with Crippen molar-refractivity contribution in [3.05, 3.63) is 83.2 Å². The molecule has 0 saturated heterocycles. The van der Waals surface area contributed by atoms with E-state index in [4.69, 9.17) is 4.74 Å². The van der Waals surface area contributed by atoms with Crippen molar-refractivity contribution in [2.45, 2.75) is 19.3 Å². The fourth-order valence-corrected chi connectivity index (χ4v) is 2.69. The van der Waals surface area contributed by atoms with Crippen LogP contribution < -0.4 is 10.2 Å². The van der Waals surface area contributed by atoms with Crippen molar-refractivity contribution < 1.29 is 32.2 Å². The predicted octanol–water partition coefficient (Wildman–Crippen LogP) is 3.42. The molecule has 0 bridgehead atoms. The largest absolute Gasteiger partial charge is 0.488 e. The highest BCUT2D eigenvalue weighted by molar-refractivity contribution is 5.89. The third kappa shape index (κ3) is 6.66. The molecule has 1 aromatic heterocycles. The lowest BCUT2D eigenvalue weighted by Crippen LogP contribution is -2.23. The monoisotopic (exact) mass is 460 g/mol. The number of carbonyl (C=O) groups is 2. The molecule has 0 aliphatic rings. The van der Waals surface area contributed by atoms with Crippen molar-refractivity contribution in [1.82, 2.24) is 15.2 Å². The number of nitrogens with one attached hydrogen (secondary N) is 1. The van der Waals surface area contributed by atoms with Crippen LogP contribution in [0.15, 0.2) is 65.9 Å². The number of esters is 1. The van der Waals surface area contributed by atoms with Crippen LogP contribution in [0.1, 0.15) is 27.2 Å². The number of hydrazone groups is 1. The second kappa shape index (κ2) is 10.4. The zero-order chi connectivity index (χ0) is 23.8. The van der Waals surface area contributed by atoms with Gasteiger partial charge >= 0.3 is 12.1 Å². The summed E-state index contributed by atoms with van der Waals surface area (Å²) >= 11 is 0. The zero-order valence-corrected chi connectivity index (χ0v) is 17.4. The van der Waals surface area contributed by atoms with Crippen LogP contribution in [0.2, 0.25) is 0 Å². The maximum Gasteiger partial charge on any atom is 0.435 e. The highest BCUT2D eigenvalue weighted by atomic mass is 19.4. The van der Waals surface area contributed by atoms with E-state index < -0.39 is 30.3 Å². The summed E-state index contributed by atoms with van der Waals surface area (Å²) < 4.78 is 49.0. The topological polar surface area (TPSA) is 94.8 Å². The number of alkyl halides is 3. The van der Waals surface area contributed by atoms with E-state index in [0.717, 1.165) is 22.5 Å². The summed E-state index contributed by atoms with van der Waals surface area (Å²) in [6, 6.07) is 14.5. The van der Waals surface area contributed by atoms with Crippen LogP contribution >= 0.6 is 0 Å². The van der Waals surface area contributed by atoms with E-state index in [-0.39, 0.29) is 6.61 Å². The number of carbonyl (C=O) groups excluding carboxylic acids is 2. The van der Waals surface area contributed by atoms with E-state index in [2.05, 4.69) is 20.4 Å². The van der Waals surface area contributed by atoms with Gasteiger partial charge in [0.25, 0.3) is 5.91 Å². The number of benzene rings is 2. The first kappa shape index (κ1) is 23.5. The second-order valence-electron chi connectivity index (χ2n) is 6.70. The van der Waals surface area contributed by atoms with Crippen LogP contribution in [0.25, 0.3) is 0 Å². The van der Waals surface area contributed by atoms with Crippen molar-refractivity contribution >= 4 is 18.1 Å². The van der Waals surface area contributed by atoms with Crippen LogP contribution in [0.5, 0.6) is 5.75 Å². The maximum atomic E-state index is 12.6. The maximum absolute atomic E-state index is 12.6. The van der Waals surface area contributed by atoms with Crippen LogP contribution in [0, 0.1) is 0 Å². The van der Waals surface area contributed by atoms with Crippen LogP contribution in [0.3, 0.4) is 0 Å². The summed E-state index contributed by atoms with van der Waals surface area (Å²) in [4.78, 5) is 23.4. The molecule has 0 spiro atoms. The van der Waals surface area contributed by atoms with E-state index in [1.165, 1.54) is 13.3 Å². The Morgan fingerprint density at radius 1 is 1.12 bits per heavy atom. The van der Waals surface area contributed by atoms with Gasteiger partial charge in [-0.2, -0.15) is 23.4 Å². The van der Waals surface area contributed by atoms with Crippen molar-refractivity contribution in [3.8, 4) is 5.75 Å². The molecule has 0 fully saturated rings. The van der Waals surface area contributed by atoms with Gasteiger partial charge < -0.3 is 9.47 Å². The molecular weight excluding hydrogens is 441 g/mol.